The maximum absolute atomic E-state index is 13.4. The molecule has 1 amide bonds. The van der Waals surface area contributed by atoms with E-state index >= 15 is 0 Å². The number of rotatable bonds is 8. The molecular weight excluding hydrogens is 508 g/mol. The Morgan fingerprint density at radius 1 is 1.03 bits per heavy atom. The van der Waals surface area contributed by atoms with Crippen LogP contribution in [0.4, 0.5) is 11.5 Å². The summed E-state index contributed by atoms with van der Waals surface area (Å²) < 4.78 is 17.0. The Kier molecular flexibility index (Phi) is 6.61. The molecule has 13 heteroatoms. The predicted molar refractivity (Wildman–Crippen MR) is 139 cm³/mol. The van der Waals surface area contributed by atoms with Crippen LogP contribution in [0.1, 0.15) is 10.4 Å². The number of H-pyrrole nitrogens is 1. The maximum Gasteiger partial charge on any atom is 0.286 e. The Balaban J connectivity index is 1.62. The van der Waals surface area contributed by atoms with E-state index in [1.165, 1.54) is 43.4 Å². The van der Waals surface area contributed by atoms with Gasteiger partial charge in [-0.25, -0.2) is 4.98 Å². The Hall–Kier alpha value is -5.72. The van der Waals surface area contributed by atoms with Crippen molar-refractivity contribution in [2.24, 2.45) is 0 Å². The van der Waals surface area contributed by atoms with Crippen molar-refractivity contribution in [2.45, 2.75) is 0 Å². The molecule has 5 aromatic rings. The van der Waals surface area contributed by atoms with Crippen LogP contribution >= 0.6 is 0 Å². The van der Waals surface area contributed by atoms with Gasteiger partial charge in [-0.3, -0.25) is 24.7 Å². The number of ether oxygens (including phenoxy) is 2. The van der Waals surface area contributed by atoms with Crippen molar-refractivity contribution in [3.05, 3.63) is 99.0 Å². The zero-order valence-corrected chi connectivity index (χ0v) is 20.6. The molecule has 3 heterocycles. The van der Waals surface area contributed by atoms with E-state index in [1.807, 2.05) is 18.2 Å². The lowest BCUT2D eigenvalue weighted by atomic mass is 10.1. The highest BCUT2D eigenvalue weighted by Crippen LogP contribution is 2.35. The van der Waals surface area contributed by atoms with E-state index in [2.05, 4.69) is 20.4 Å². The number of anilines is 1. The van der Waals surface area contributed by atoms with Crippen molar-refractivity contribution >= 4 is 17.4 Å². The molecule has 5 rings (SSSR count). The second-order valence-corrected chi connectivity index (χ2v) is 8.06. The van der Waals surface area contributed by atoms with E-state index in [1.54, 1.807) is 24.3 Å². The number of nitrogens with zero attached hydrogens (tertiary/aromatic N) is 4. The van der Waals surface area contributed by atoms with Crippen LogP contribution in [-0.4, -0.2) is 44.8 Å². The van der Waals surface area contributed by atoms with Gasteiger partial charge in [0.2, 0.25) is 5.95 Å². The van der Waals surface area contributed by atoms with Gasteiger partial charge in [-0.05, 0) is 12.1 Å². The summed E-state index contributed by atoms with van der Waals surface area (Å²) in [7, 11) is 2.67. The van der Waals surface area contributed by atoms with Crippen LogP contribution in [0.15, 0.2) is 82.2 Å². The summed E-state index contributed by atoms with van der Waals surface area (Å²) in [5.74, 6) is -0.190. The van der Waals surface area contributed by atoms with Gasteiger partial charge in [-0.15, -0.1) is 0 Å². The first-order valence-electron chi connectivity index (χ1n) is 11.4. The fourth-order valence-corrected chi connectivity index (χ4v) is 3.86. The van der Waals surface area contributed by atoms with Crippen LogP contribution in [0.25, 0.3) is 28.7 Å². The summed E-state index contributed by atoms with van der Waals surface area (Å²) in [6.45, 7) is 0. The number of benzene rings is 2. The fourth-order valence-electron chi connectivity index (χ4n) is 3.86. The zero-order chi connectivity index (χ0) is 27.5. The predicted octanol–water partition coefficient (Wildman–Crippen LogP) is 4.06. The number of carbonyl (C=O) groups is 1. The monoisotopic (exact) mass is 528 g/mol. The van der Waals surface area contributed by atoms with Gasteiger partial charge in [-0.1, -0.05) is 30.3 Å². The van der Waals surface area contributed by atoms with E-state index in [4.69, 9.17) is 13.9 Å². The van der Waals surface area contributed by atoms with Crippen LogP contribution in [0.5, 0.6) is 11.5 Å². The molecule has 0 fully saturated rings. The molecule has 0 aliphatic rings. The second kappa shape index (κ2) is 10.3. The van der Waals surface area contributed by atoms with E-state index in [0.717, 1.165) is 6.07 Å². The smallest absolute Gasteiger partial charge is 0.286 e. The Labute approximate surface area is 219 Å². The number of methoxy groups -OCH3 is 2. The highest BCUT2D eigenvalue weighted by Gasteiger charge is 2.26. The number of nitro groups is 1. The van der Waals surface area contributed by atoms with Gasteiger partial charge in [0, 0.05) is 23.8 Å². The maximum atomic E-state index is 13.4. The number of furan rings is 1. The van der Waals surface area contributed by atoms with Crippen LogP contribution < -0.4 is 20.3 Å². The third-order valence-electron chi connectivity index (χ3n) is 5.67. The highest BCUT2D eigenvalue weighted by molar-refractivity contribution is 6.07. The van der Waals surface area contributed by atoms with Crippen molar-refractivity contribution in [3.63, 3.8) is 0 Å². The minimum Gasteiger partial charge on any atom is -0.493 e. The lowest BCUT2D eigenvalue weighted by Crippen LogP contribution is -2.19. The Morgan fingerprint density at radius 3 is 2.44 bits per heavy atom. The lowest BCUT2D eigenvalue weighted by Gasteiger charge is -2.12. The van der Waals surface area contributed by atoms with Crippen molar-refractivity contribution in [1.29, 1.82) is 0 Å². The van der Waals surface area contributed by atoms with Gasteiger partial charge >= 0.3 is 0 Å². The number of nitrogens with one attached hydrogen (secondary N) is 2. The van der Waals surface area contributed by atoms with Gasteiger partial charge in [0.15, 0.2) is 17.3 Å². The largest absolute Gasteiger partial charge is 0.493 e. The summed E-state index contributed by atoms with van der Waals surface area (Å²) in [6, 6.07) is 17.5. The third-order valence-corrected chi connectivity index (χ3v) is 5.67. The first kappa shape index (κ1) is 25.0. The van der Waals surface area contributed by atoms with E-state index in [9.17, 15) is 19.7 Å². The summed E-state index contributed by atoms with van der Waals surface area (Å²) in [5, 5.41) is 18.8. The molecule has 0 radical (unpaired) electrons. The Bertz CT molecular complexity index is 1730. The second-order valence-electron chi connectivity index (χ2n) is 8.06. The molecule has 13 nitrogen and oxygen atoms in total. The Morgan fingerprint density at radius 2 is 1.77 bits per heavy atom. The average molecular weight is 528 g/mol. The molecule has 0 aliphatic carbocycles. The minimum absolute atomic E-state index is 0.00345. The fraction of sp³-hybridized carbons (Fsp3) is 0.0769. The van der Waals surface area contributed by atoms with Crippen LogP contribution in [0.2, 0.25) is 0 Å². The number of carbonyl (C=O) groups excluding carboxylic acids is 1. The standard InChI is InChI=1S/C26H20N6O7/c1-37-21-11-16(19(32(35)36)14-22(21)38-2)25(34)28-23-12-18(20-9-6-10-39-20)30-31(23)26-27-17(13-24(33)29-26)15-7-4-3-5-8-15/h3-14H,1-2H3,(H,28,34)(H,27,29,33). The molecular formula is C26H20N6O7. The molecule has 0 saturated heterocycles. The number of nitro benzene ring substituents is 1. The number of aromatic amines is 1. The van der Waals surface area contributed by atoms with Gasteiger partial charge in [0.1, 0.15) is 17.1 Å². The molecule has 0 saturated carbocycles. The SMILES string of the molecule is COc1cc(C(=O)Nc2cc(-c3ccco3)nn2-c2nc(-c3ccccc3)cc(=O)[nH]2)c([N+](=O)[O-])cc1OC. The first-order chi connectivity index (χ1) is 18.9. The van der Waals surface area contributed by atoms with Crippen molar-refractivity contribution in [1.82, 2.24) is 19.7 Å². The molecule has 0 atom stereocenters. The quantitative estimate of drug-likeness (QED) is 0.223. The topological polar surface area (TPSA) is 167 Å². The first-order valence-corrected chi connectivity index (χ1v) is 11.4. The third kappa shape index (κ3) is 4.96. The van der Waals surface area contributed by atoms with Gasteiger partial charge in [0.05, 0.1) is 37.2 Å². The number of hydrogen-bond acceptors (Lipinski definition) is 9. The van der Waals surface area contributed by atoms with E-state index in [-0.39, 0.29) is 28.8 Å². The molecule has 39 heavy (non-hydrogen) atoms. The number of amides is 1. The van der Waals surface area contributed by atoms with Crippen LogP contribution in [-0.2, 0) is 0 Å². The van der Waals surface area contributed by atoms with Crippen LogP contribution in [0.3, 0.4) is 0 Å². The molecule has 3 aromatic heterocycles. The number of aromatic nitrogens is 4. The number of hydrogen-bond donors (Lipinski definition) is 2. The molecule has 0 spiro atoms. The minimum atomic E-state index is -0.837. The van der Waals surface area contributed by atoms with Crippen molar-refractivity contribution < 1.29 is 23.6 Å². The molecule has 2 N–H and O–H groups in total. The van der Waals surface area contributed by atoms with Crippen molar-refractivity contribution in [2.75, 3.05) is 19.5 Å². The normalized spacial score (nSPS) is 10.7. The summed E-state index contributed by atoms with van der Waals surface area (Å²) in [6.07, 6.45) is 1.45. The lowest BCUT2D eigenvalue weighted by molar-refractivity contribution is -0.385. The van der Waals surface area contributed by atoms with Gasteiger partial charge in [-0.2, -0.15) is 9.78 Å². The van der Waals surface area contributed by atoms with Gasteiger partial charge < -0.3 is 19.2 Å². The average Bonchev–Trinajstić information content (AvgIpc) is 3.63. The van der Waals surface area contributed by atoms with E-state index in [0.29, 0.717) is 22.7 Å². The highest BCUT2D eigenvalue weighted by atomic mass is 16.6. The van der Waals surface area contributed by atoms with Crippen LogP contribution in [0, 0.1) is 10.1 Å². The van der Waals surface area contributed by atoms with Gasteiger partial charge in [0.25, 0.3) is 17.2 Å². The summed E-state index contributed by atoms with van der Waals surface area (Å²) in [5.41, 5.74) is 0.128. The molecule has 196 valence electrons. The molecule has 0 bridgehead atoms. The summed E-state index contributed by atoms with van der Waals surface area (Å²) >= 11 is 0. The van der Waals surface area contributed by atoms with Crippen molar-refractivity contribution in [3.8, 4) is 40.2 Å². The zero-order valence-electron chi connectivity index (χ0n) is 20.6. The molecule has 0 unspecified atom stereocenters. The molecule has 0 aliphatic heterocycles. The summed E-state index contributed by atoms with van der Waals surface area (Å²) in [4.78, 5) is 44.1. The van der Waals surface area contributed by atoms with E-state index < -0.39 is 22.1 Å². The molecule has 2 aromatic carbocycles.